The molecule has 0 aliphatic heterocycles. The monoisotopic (exact) mass is 344 g/mol. The fraction of sp³-hybridized carbons (Fsp3) is 0.625. The maximum atomic E-state index is 11.3. The first-order valence-corrected chi connectivity index (χ1v) is 9.97. The summed E-state index contributed by atoms with van der Waals surface area (Å²) in [5.74, 6) is 0.365. The SMILES string of the molecule is CCC(=O)CCC=C(C)CCC=C(C)CCC=C(C)CCC=C(C)C. The van der Waals surface area contributed by atoms with E-state index in [1.807, 2.05) is 6.92 Å². The third-order valence-corrected chi connectivity index (χ3v) is 4.46. The third kappa shape index (κ3) is 15.9. The minimum absolute atomic E-state index is 0.365. The second-order valence-electron chi connectivity index (χ2n) is 7.48. The summed E-state index contributed by atoms with van der Waals surface area (Å²) in [7, 11) is 0. The fourth-order valence-corrected chi connectivity index (χ4v) is 2.64. The van der Waals surface area contributed by atoms with E-state index in [1.165, 1.54) is 28.7 Å². The molecule has 142 valence electrons. The maximum absolute atomic E-state index is 11.3. The topological polar surface area (TPSA) is 17.1 Å². The van der Waals surface area contributed by atoms with Crippen LogP contribution in [0, 0.1) is 0 Å². The Bertz CT molecular complexity index is 496. The number of Topliss-reactive ketones (excluding diaryl/α,β-unsaturated/α-hetero) is 1. The summed E-state index contributed by atoms with van der Waals surface area (Å²) in [6.45, 7) is 12.9. The van der Waals surface area contributed by atoms with Crippen LogP contribution in [0.3, 0.4) is 0 Å². The molecule has 0 bridgehead atoms. The van der Waals surface area contributed by atoms with Crippen LogP contribution >= 0.6 is 0 Å². The second-order valence-corrected chi connectivity index (χ2v) is 7.48. The van der Waals surface area contributed by atoms with Gasteiger partial charge >= 0.3 is 0 Å². The molecule has 0 radical (unpaired) electrons. The molecular weight excluding hydrogens is 304 g/mol. The van der Waals surface area contributed by atoms with Crippen molar-refractivity contribution in [1.29, 1.82) is 0 Å². The summed E-state index contributed by atoms with van der Waals surface area (Å²) in [6.07, 6.45) is 18.4. The Morgan fingerprint density at radius 1 is 0.600 bits per heavy atom. The van der Waals surface area contributed by atoms with Crippen molar-refractivity contribution in [2.24, 2.45) is 0 Å². The highest BCUT2D eigenvalue weighted by Gasteiger charge is 1.97. The standard InChI is InChI=1S/C24H40O/c1-7-24(25)19-11-18-23(6)17-10-16-22(5)15-9-14-21(4)13-8-12-20(2)3/h12,14,16,18H,7-11,13,15,17,19H2,1-6H3. The number of carbonyl (C=O) groups is 1. The van der Waals surface area contributed by atoms with E-state index >= 15 is 0 Å². The van der Waals surface area contributed by atoms with Crippen LogP contribution in [-0.2, 0) is 4.79 Å². The van der Waals surface area contributed by atoms with Crippen LogP contribution in [0.2, 0.25) is 0 Å². The van der Waals surface area contributed by atoms with Gasteiger partial charge in [-0.25, -0.2) is 0 Å². The molecule has 0 aromatic rings. The molecule has 0 N–H and O–H groups in total. The van der Waals surface area contributed by atoms with Crippen LogP contribution in [-0.4, -0.2) is 5.78 Å². The number of allylic oxidation sites excluding steroid dienone is 8. The summed E-state index contributed by atoms with van der Waals surface area (Å²) < 4.78 is 0. The van der Waals surface area contributed by atoms with Crippen molar-refractivity contribution >= 4 is 5.78 Å². The third-order valence-electron chi connectivity index (χ3n) is 4.46. The lowest BCUT2D eigenvalue weighted by Gasteiger charge is -2.03. The minimum atomic E-state index is 0.365. The maximum Gasteiger partial charge on any atom is 0.132 e. The Kier molecular flexibility index (Phi) is 14.1. The molecule has 0 saturated heterocycles. The summed E-state index contributed by atoms with van der Waals surface area (Å²) >= 11 is 0. The minimum Gasteiger partial charge on any atom is -0.300 e. The van der Waals surface area contributed by atoms with E-state index in [1.54, 1.807) is 0 Å². The lowest BCUT2D eigenvalue weighted by molar-refractivity contribution is -0.118. The van der Waals surface area contributed by atoms with Crippen molar-refractivity contribution in [3.05, 3.63) is 46.6 Å². The summed E-state index contributed by atoms with van der Waals surface area (Å²) in [6, 6.07) is 0. The Morgan fingerprint density at radius 2 is 0.960 bits per heavy atom. The highest BCUT2D eigenvalue weighted by molar-refractivity contribution is 5.78. The van der Waals surface area contributed by atoms with Gasteiger partial charge in [0.1, 0.15) is 5.78 Å². The first kappa shape index (κ1) is 23.6. The van der Waals surface area contributed by atoms with Gasteiger partial charge in [0, 0.05) is 12.8 Å². The van der Waals surface area contributed by atoms with Crippen LogP contribution in [0.4, 0.5) is 0 Å². The molecule has 0 unspecified atom stereocenters. The highest BCUT2D eigenvalue weighted by Crippen LogP contribution is 2.14. The number of carbonyl (C=O) groups excluding carboxylic acids is 1. The van der Waals surface area contributed by atoms with Crippen molar-refractivity contribution < 1.29 is 4.79 Å². The van der Waals surface area contributed by atoms with Crippen molar-refractivity contribution in [2.75, 3.05) is 0 Å². The van der Waals surface area contributed by atoms with Gasteiger partial charge in [0.25, 0.3) is 0 Å². The highest BCUT2D eigenvalue weighted by atomic mass is 16.1. The molecular formula is C24H40O. The quantitative estimate of drug-likeness (QED) is 0.310. The van der Waals surface area contributed by atoms with Crippen LogP contribution in [0.25, 0.3) is 0 Å². The zero-order chi connectivity index (χ0) is 19.1. The van der Waals surface area contributed by atoms with Crippen molar-refractivity contribution in [2.45, 2.75) is 99.3 Å². The summed E-state index contributed by atoms with van der Waals surface area (Å²) in [4.78, 5) is 11.3. The van der Waals surface area contributed by atoms with Crippen molar-refractivity contribution in [1.82, 2.24) is 0 Å². The zero-order valence-corrected chi connectivity index (χ0v) is 17.6. The molecule has 0 heterocycles. The van der Waals surface area contributed by atoms with Gasteiger partial charge in [-0.3, -0.25) is 4.79 Å². The molecule has 1 nitrogen and oxygen atoms in total. The Balaban J connectivity index is 3.99. The van der Waals surface area contributed by atoms with Gasteiger partial charge in [-0.2, -0.15) is 0 Å². The van der Waals surface area contributed by atoms with Gasteiger partial charge in [0.05, 0.1) is 0 Å². The molecule has 0 aliphatic carbocycles. The van der Waals surface area contributed by atoms with Gasteiger partial charge in [-0.15, -0.1) is 0 Å². The molecule has 0 aromatic carbocycles. The van der Waals surface area contributed by atoms with E-state index in [-0.39, 0.29) is 0 Å². The smallest absolute Gasteiger partial charge is 0.132 e. The number of ketones is 1. The van der Waals surface area contributed by atoms with Crippen LogP contribution < -0.4 is 0 Å². The van der Waals surface area contributed by atoms with Crippen LogP contribution in [0.5, 0.6) is 0 Å². The van der Waals surface area contributed by atoms with Gasteiger partial charge in [-0.1, -0.05) is 53.5 Å². The second kappa shape index (κ2) is 14.9. The van der Waals surface area contributed by atoms with Crippen molar-refractivity contribution in [3.63, 3.8) is 0 Å². The van der Waals surface area contributed by atoms with Gasteiger partial charge in [-0.05, 0) is 79.6 Å². The van der Waals surface area contributed by atoms with E-state index in [4.69, 9.17) is 0 Å². The molecule has 0 rings (SSSR count). The number of rotatable bonds is 13. The van der Waals surface area contributed by atoms with Gasteiger partial charge < -0.3 is 0 Å². The Morgan fingerprint density at radius 3 is 1.32 bits per heavy atom. The van der Waals surface area contributed by atoms with E-state index < -0.39 is 0 Å². The number of hydrogen-bond acceptors (Lipinski definition) is 1. The van der Waals surface area contributed by atoms with Gasteiger partial charge in [0.2, 0.25) is 0 Å². The molecule has 0 atom stereocenters. The Labute approximate surface area is 157 Å². The predicted molar refractivity (Wildman–Crippen MR) is 113 cm³/mol. The van der Waals surface area contributed by atoms with E-state index in [2.05, 4.69) is 58.9 Å². The predicted octanol–water partition coefficient (Wildman–Crippen LogP) is 7.89. The molecule has 0 fully saturated rings. The van der Waals surface area contributed by atoms with E-state index in [0.29, 0.717) is 18.6 Å². The zero-order valence-electron chi connectivity index (χ0n) is 17.6. The molecule has 25 heavy (non-hydrogen) atoms. The first-order chi connectivity index (χ1) is 11.8. The molecule has 0 aliphatic rings. The molecule has 0 spiro atoms. The lowest BCUT2D eigenvalue weighted by atomic mass is 10.0. The van der Waals surface area contributed by atoms with E-state index in [0.717, 1.165) is 38.5 Å². The largest absolute Gasteiger partial charge is 0.300 e. The fourth-order valence-electron chi connectivity index (χ4n) is 2.64. The molecule has 0 amide bonds. The first-order valence-electron chi connectivity index (χ1n) is 9.97. The normalized spacial score (nSPS) is 13.1. The molecule has 0 aromatic heterocycles. The van der Waals surface area contributed by atoms with Crippen LogP contribution in [0.1, 0.15) is 99.3 Å². The lowest BCUT2D eigenvalue weighted by Crippen LogP contribution is -1.93. The summed E-state index contributed by atoms with van der Waals surface area (Å²) in [5, 5.41) is 0. The summed E-state index contributed by atoms with van der Waals surface area (Å²) in [5.41, 5.74) is 5.81. The van der Waals surface area contributed by atoms with E-state index in [9.17, 15) is 4.79 Å². The number of hydrogen-bond donors (Lipinski definition) is 0. The van der Waals surface area contributed by atoms with Crippen molar-refractivity contribution in [3.8, 4) is 0 Å². The van der Waals surface area contributed by atoms with Crippen LogP contribution in [0.15, 0.2) is 46.6 Å². The van der Waals surface area contributed by atoms with Gasteiger partial charge in [0.15, 0.2) is 0 Å². The average Bonchev–Trinajstić information content (AvgIpc) is 2.54. The average molecular weight is 345 g/mol. The molecule has 0 saturated carbocycles. The molecule has 1 heteroatoms. The Hall–Kier alpha value is -1.37.